The summed E-state index contributed by atoms with van der Waals surface area (Å²) in [4.78, 5) is 38.1. The summed E-state index contributed by atoms with van der Waals surface area (Å²) in [7, 11) is 2.87. The first kappa shape index (κ1) is 21.1. The zero-order valence-corrected chi connectivity index (χ0v) is 17.0. The summed E-state index contributed by atoms with van der Waals surface area (Å²) in [6.45, 7) is 1.61. The molecule has 0 aromatic heterocycles. The van der Waals surface area contributed by atoms with Crippen molar-refractivity contribution >= 4 is 17.7 Å². The maximum Gasteiger partial charge on any atom is 0.337 e. The highest BCUT2D eigenvalue weighted by Gasteiger charge is 2.42. The summed E-state index contributed by atoms with van der Waals surface area (Å²) < 4.78 is 9.94. The maximum atomic E-state index is 12.7. The summed E-state index contributed by atoms with van der Waals surface area (Å²) in [6, 6.07) is 13.2. The lowest BCUT2D eigenvalue weighted by molar-refractivity contribution is -0.129. The molecule has 1 aliphatic heterocycles. The molecule has 2 aromatic carbocycles. The van der Waals surface area contributed by atoms with Gasteiger partial charge in [-0.1, -0.05) is 24.3 Å². The quantitative estimate of drug-likeness (QED) is 0.707. The summed E-state index contributed by atoms with van der Waals surface area (Å²) >= 11 is 0. The van der Waals surface area contributed by atoms with Gasteiger partial charge in [-0.15, -0.1) is 0 Å². The van der Waals surface area contributed by atoms with Crippen LogP contribution in [0.15, 0.2) is 59.9 Å². The van der Waals surface area contributed by atoms with E-state index in [1.165, 1.54) is 18.9 Å². The lowest BCUT2D eigenvalue weighted by atomic mass is 9.95. The molecule has 1 aliphatic rings. The molecule has 0 fully saturated rings. The molecule has 0 saturated heterocycles. The standard InChI is InChI=1S/C23H23NO6/c1-14(25)19-20(16-7-9-17(10-8-16)23(28)30-3)24(22(27)21(19)26)12-11-15-5-4-6-18(13-15)29-2/h4-10,13,20,26H,11-12H2,1-3H3. The SMILES string of the molecule is COC(=O)c1ccc(C2C(C(C)=O)=C(O)C(=O)N2CCc2cccc(OC)c2)cc1. The molecule has 0 bridgehead atoms. The minimum atomic E-state index is -0.729. The van der Waals surface area contributed by atoms with Gasteiger partial charge < -0.3 is 19.5 Å². The fourth-order valence-electron chi connectivity index (χ4n) is 3.59. The van der Waals surface area contributed by atoms with Crippen LogP contribution in [0.4, 0.5) is 0 Å². The van der Waals surface area contributed by atoms with Crippen molar-refractivity contribution in [2.45, 2.75) is 19.4 Å². The van der Waals surface area contributed by atoms with Crippen LogP contribution < -0.4 is 4.74 Å². The van der Waals surface area contributed by atoms with Crippen molar-refractivity contribution in [3.05, 3.63) is 76.6 Å². The number of Topliss-reactive ketones (excluding diaryl/α,β-unsaturated/α-hetero) is 1. The highest BCUT2D eigenvalue weighted by molar-refractivity contribution is 6.08. The summed E-state index contributed by atoms with van der Waals surface area (Å²) in [6.07, 6.45) is 0.512. The smallest absolute Gasteiger partial charge is 0.337 e. The van der Waals surface area contributed by atoms with Crippen molar-refractivity contribution < 1.29 is 29.0 Å². The third-order valence-electron chi connectivity index (χ3n) is 5.11. The van der Waals surface area contributed by atoms with Crippen molar-refractivity contribution in [2.24, 2.45) is 0 Å². The Morgan fingerprint density at radius 3 is 2.40 bits per heavy atom. The Morgan fingerprint density at radius 2 is 1.80 bits per heavy atom. The van der Waals surface area contributed by atoms with Gasteiger partial charge in [0.15, 0.2) is 11.5 Å². The first-order chi connectivity index (χ1) is 14.4. The minimum Gasteiger partial charge on any atom is -0.503 e. The van der Waals surface area contributed by atoms with Crippen molar-refractivity contribution in [1.29, 1.82) is 0 Å². The van der Waals surface area contributed by atoms with Gasteiger partial charge in [0.05, 0.1) is 31.4 Å². The van der Waals surface area contributed by atoms with Crippen LogP contribution in [0.5, 0.6) is 5.75 Å². The Balaban J connectivity index is 1.91. The van der Waals surface area contributed by atoms with Gasteiger partial charge in [0.1, 0.15) is 5.75 Å². The van der Waals surface area contributed by atoms with Crippen LogP contribution in [0.25, 0.3) is 0 Å². The number of carbonyl (C=O) groups is 3. The molecule has 1 atom stereocenters. The van der Waals surface area contributed by atoms with Gasteiger partial charge in [-0.3, -0.25) is 9.59 Å². The Kier molecular flexibility index (Phi) is 6.20. The van der Waals surface area contributed by atoms with Gasteiger partial charge >= 0.3 is 5.97 Å². The summed E-state index contributed by atoms with van der Waals surface area (Å²) in [5, 5.41) is 10.4. The number of amides is 1. The molecule has 0 radical (unpaired) electrons. The lowest BCUT2D eigenvalue weighted by Crippen LogP contribution is -2.33. The Hall–Kier alpha value is -3.61. The molecule has 0 saturated carbocycles. The number of aliphatic hydroxyl groups excluding tert-OH is 1. The Morgan fingerprint density at radius 1 is 1.10 bits per heavy atom. The van der Waals surface area contributed by atoms with Crippen molar-refractivity contribution in [1.82, 2.24) is 4.90 Å². The average Bonchev–Trinajstić information content (AvgIpc) is 3.02. The van der Waals surface area contributed by atoms with Gasteiger partial charge in [0, 0.05) is 6.54 Å². The molecule has 3 rings (SSSR count). The molecule has 1 amide bonds. The fourth-order valence-corrected chi connectivity index (χ4v) is 3.59. The van der Waals surface area contributed by atoms with Crippen LogP contribution in [0, 0.1) is 0 Å². The molecular weight excluding hydrogens is 386 g/mol. The second-order valence-corrected chi connectivity index (χ2v) is 6.93. The molecule has 7 nitrogen and oxygen atoms in total. The largest absolute Gasteiger partial charge is 0.503 e. The molecule has 7 heteroatoms. The van der Waals surface area contributed by atoms with E-state index in [-0.39, 0.29) is 17.9 Å². The predicted octanol–water partition coefficient (Wildman–Crippen LogP) is 3.01. The van der Waals surface area contributed by atoms with Crippen LogP contribution in [-0.4, -0.2) is 48.4 Å². The zero-order chi connectivity index (χ0) is 21.8. The first-order valence-corrected chi connectivity index (χ1v) is 9.43. The van der Waals surface area contributed by atoms with Gasteiger partial charge in [0.25, 0.3) is 5.91 Å². The van der Waals surface area contributed by atoms with Gasteiger partial charge in [-0.25, -0.2) is 4.79 Å². The molecule has 156 valence electrons. The highest BCUT2D eigenvalue weighted by Crippen LogP contribution is 2.37. The van der Waals surface area contributed by atoms with E-state index < -0.39 is 23.7 Å². The lowest BCUT2D eigenvalue weighted by Gasteiger charge is -2.27. The van der Waals surface area contributed by atoms with Crippen LogP contribution >= 0.6 is 0 Å². The van der Waals surface area contributed by atoms with Crippen LogP contribution in [0.3, 0.4) is 0 Å². The van der Waals surface area contributed by atoms with Crippen LogP contribution in [-0.2, 0) is 20.7 Å². The number of hydrogen-bond donors (Lipinski definition) is 1. The van der Waals surface area contributed by atoms with E-state index in [9.17, 15) is 19.5 Å². The number of nitrogens with zero attached hydrogens (tertiary/aromatic N) is 1. The normalized spacial score (nSPS) is 16.0. The second kappa shape index (κ2) is 8.82. The molecule has 2 aromatic rings. The Labute approximate surface area is 174 Å². The third-order valence-corrected chi connectivity index (χ3v) is 5.11. The van der Waals surface area contributed by atoms with E-state index in [2.05, 4.69) is 0 Å². The molecule has 1 heterocycles. The Bertz CT molecular complexity index is 1010. The number of ketones is 1. The van der Waals surface area contributed by atoms with E-state index in [0.29, 0.717) is 23.3 Å². The highest BCUT2D eigenvalue weighted by atomic mass is 16.5. The summed E-state index contributed by atoms with van der Waals surface area (Å²) in [5.74, 6) is -1.28. The number of esters is 1. The summed E-state index contributed by atoms with van der Waals surface area (Å²) in [5.41, 5.74) is 1.98. The van der Waals surface area contributed by atoms with Crippen molar-refractivity contribution in [3.8, 4) is 5.75 Å². The number of rotatable bonds is 7. The van der Waals surface area contributed by atoms with E-state index >= 15 is 0 Å². The first-order valence-electron chi connectivity index (χ1n) is 9.43. The number of benzene rings is 2. The maximum absolute atomic E-state index is 12.7. The second-order valence-electron chi connectivity index (χ2n) is 6.93. The van der Waals surface area contributed by atoms with E-state index in [4.69, 9.17) is 9.47 Å². The molecule has 0 spiro atoms. The topological polar surface area (TPSA) is 93.1 Å². The van der Waals surface area contributed by atoms with Crippen molar-refractivity contribution in [2.75, 3.05) is 20.8 Å². The van der Waals surface area contributed by atoms with E-state index in [1.54, 1.807) is 31.4 Å². The van der Waals surface area contributed by atoms with E-state index in [0.717, 1.165) is 5.56 Å². The minimum absolute atomic E-state index is 0.0523. The van der Waals surface area contributed by atoms with Gasteiger partial charge in [-0.05, 0) is 48.7 Å². The molecular formula is C23H23NO6. The van der Waals surface area contributed by atoms with Crippen LogP contribution in [0.1, 0.15) is 34.5 Å². The predicted molar refractivity (Wildman–Crippen MR) is 109 cm³/mol. The third kappa shape index (κ3) is 4.05. The van der Waals surface area contributed by atoms with Gasteiger partial charge in [-0.2, -0.15) is 0 Å². The molecule has 0 aliphatic carbocycles. The number of ether oxygens (including phenoxy) is 2. The molecule has 1 unspecified atom stereocenters. The number of aliphatic hydroxyl groups is 1. The average molecular weight is 409 g/mol. The molecule has 1 N–H and O–H groups in total. The monoisotopic (exact) mass is 409 g/mol. The molecule has 30 heavy (non-hydrogen) atoms. The van der Waals surface area contributed by atoms with Crippen LogP contribution in [0.2, 0.25) is 0 Å². The zero-order valence-electron chi connectivity index (χ0n) is 17.0. The number of hydrogen-bond acceptors (Lipinski definition) is 6. The fraction of sp³-hybridized carbons (Fsp3) is 0.261. The van der Waals surface area contributed by atoms with Crippen molar-refractivity contribution in [3.63, 3.8) is 0 Å². The van der Waals surface area contributed by atoms with E-state index in [1.807, 2.05) is 24.3 Å². The number of carbonyl (C=O) groups excluding carboxylic acids is 3. The van der Waals surface area contributed by atoms with Gasteiger partial charge in [0.2, 0.25) is 0 Å². The number of methoxy groups -OCH3 is 2.